The molecular weight excluding hydrogens is 454 g/mol. The molecule has 8 heteroatoms. The molecule has 0 bridgehead atoms. The highest BCUT2D eigenvalue weighted by Crippen LogP contribution is 2.29. The lowest BCUT2D eigenvalue weighted by atomic mass is 9.98. The second-order valence-corrected chi connectivity index (χ2v) is 8.54. The van der Waals surface area contributed by atoms with Crippen molar-refractivity contribution in [1.29, 1.82) is 5.26 Å². The maximum absolute atomic E-state index is 13.2. The number of rotatable bonds is 8. The fourth-order valence-electron chi connectivity index (χ4n) is 4.21. The molecule has 3 amide bonds. The summed E-state index contributed by atoms with van der Waals surface area (Å²) >= 11 is 0. The lowest BCUT2D eigenvalue weighted by Crippen LogP contribution is -2.33. The van der Waals surface area contributed by atoms with Crippen LogP contribution < -0.4 is 20.9 Å². The first-order chi connectivity index (χ1) is 17.6. The SMILES string of the molecule is COCCCNC(=O)c1cc(NC(=O)Nc2ccc(C#N)cc2)ccc1N1CCc2ccccc2C1. The molecule has 0 unspecified atom stereocenters. The molecule has 3 aromatic carbocycles. The number of nitrogens with zero attached hydrogens (tertiary/aromatic N) is 2. The summed E-state index contributed by atoms with van der Waals surface area (Å²) in [5.74, 6) is -0.198. The standard InChI is InChI=1S/C28H29N5O3/c1-36-16-4-14-30-27(34)25-17-24(32-28(35)31-23-9-7-20(18-29)8-10-23)11-12-26(25)33-15-13-21-5-2-3-6-22(21)19-33/h2-3,5-12,17H,4,13-16,19H2,1H3,(H,30,34)(H2,31,32,35). The third-order valence-electron chi connectivity index (χ3n) is 6.05. The molecule has 0 spiro atoms. The molecule has 1 heterocycles. The smallest absolute Gasteiger partial charge is 0.323 e. The summed E-state index contributed by atoms with van der Waals surface area (Å²) < 4.78 is 5.08. The van der Waals surface area contributed by atoms with E-state index in [0.29, 0.717) is 48.6 Å². The molecule has 1 aliphatic heterocycles. The minimum absolute atomic E-state index is 0.198. The molecule has 0 fully saturated rings. The minimum atomic E-state index is -0.439. The van der Waals surface area contributed by atoms with Gasteiger partial charge in [0, 0.05) is 50.4 Å². The van der Waals surface area contributed by atoms with Crippen molar-refractivity contribution in [1.82, 2.24) is 5.32 Å². The Morgan fingerprint density at radius 3 is 2.47 bits per heavy atom. The summed E-state index contributed by atoms with van der Waals surface area (Å²) in [6, 6.07) is 21.9. The van der Waals surface area contributed by atoms with Crippen LogP contribution in [-0.2, 0) is 17.7 Å². The topological polar surface area (TPSA) is 106 Å². The van der Waals surface area contributed by atoms with Gasteiger partial charge < -0.3 is 25.6 Å². The number of urea groups is 1. The van der Waals surface area contributed by atoms with E-state index in [1.165, 1.54) is 11.1 Å². The van der Waals surface area contributed by atoms with Gasteiger partial charge in [-0.15, -0.1) is 0 Å². The number of hydrogen-bond acceptors (Lipinski definition) is 5. The van der Waals surface area contributed by atoms with E-state index >= 15 is 0 Å². The lowest BCUT2D eigenvalue weighted by molar-refractivity contribution is 0.0949. The first-order valence-electron chi connectivity index (χ1n) is 11.9. The number of ether oxygens (including phenoxy) is 1. The van der Waals surface area contributed by atoms with Crippen molar-refractivity contribution < 1.29 is 14.3 Å². The van der Waals surface area contributed by atoms with Crippen LogP contribution in [-0.4, -0.2) is 38.7 Å². The molecule has 8 nitrogen and oxygen atoms in total. The molecule has 3 N–H and O–H groups in total. The van der Waals surface area contributed by atoms with Crippen molar-refractivity contribution in [3.05, 3.63) is 89.0 Å². The van der Waals surface area contributed by atoms with Gasteiger partial charge in [0.1, 0.15) is 0 Å². The number of carbonyl (C=O) groups is 2. The average molecular weight is 484 g/mol. The maximum Gasteiger partial charge on any atom is 0.323 e. The zero-order chi connectivity index (χ0) is 25.3. The number of amides is 3. The van der Waals surface area contributed by atoms with E-state index in [2.05, 4.69) is 39.0 Å². The van der Waals surface area contributed by atoms with Gasteiger partial charge in [0.15, 0.2) is 0 Å². The van der Waals surface area contributed by atoms with Crippen molar-refractivity contribution in [3.8, 4) is 6.07 Å². The number of fused-ring (bicyclic) bond motifs is 1. The van der Waals surface area contributed by atoms with Crippen LogP contribution in [0.1, 0.15) is 33.5 Å². The van der Waals surface area contributed by atoms with Crippen molar-refractivity contribution in [2.45, 2.75) is 19.4 Å². The Bertz CT molecular complexity index is 1270. The summed E-state index contributed by atoms with van der Waals surface area (Å²) in [4.78, 5) is 27.9. The van der Waals surface area contributed by atoms with Crippen molar-refractivity contribution in [2.24, 2.45) is 0 Å². The van der Waals surface area contributed by atoms with Gasteiger partial charge in [0.2, 0.25) is 0 Å². The molecule has 0 atom stereocenters. The van der Waals surface area contributed by atoms with E-state index < -0.39 is 6.03 Å². The molecule has 0 aromatic heterocycles. The summed E-state index contributed by atoms with van der Waals surface area (Å²) in [6.07, 6.45) is 1.61. The Morgan fingerprint density at radius 1 is 1.00 bits per heavy atom. The minimum Gasteiger partial charge on any atom is -0.385 e. The summed E-state index contributed by atoms with van der Waals surface area (Å²) in [5, 5.41) is 17.4. The number of carbonyl (C=O) groups excluding carboxylic acids is 2. The highest BCUT2D eigenvalue weighted by molar-refractivity contribution is 6.04. The average Bonchev–Trinajstić information content (AvgIpc) is 2.91. The molecule has 0 saturated heterocycles. The molecule has 4 rings (SSSR count). The van der Waals surface area contributed by atoms with E-state index in [-0.39, 0.29) is 5.91 Å². The van der Waals surface area contributed by atoms with Crippen LogP contribution in [0.2, 0.25) is 0 Å². The molecule has 0 aliphatic carbocycles. The van der Waals surface area contributed by atoms with E-state index in [9.17, 15) is 9.59 Å². The zero-order valence-corrected chi connectivity index (χ0v) is 20.2. The normalized spacial score (nSPS) is 12.3. The van der Waals surface area contributed by atoms with Gasteiger partial charge in [-0.3, -0.25) is 4.79 Å². The highest BCUT2D eigenvalue weighted by atomic mass is 16.5. The molecule has 0 radical (unpaired) electrons. The van der Waals surface area contributed by atoms with E-state index in [1.54, 1.807) is 43.5 Å². The quantitative estimate of drug-likeness (QED) is 0.408. The lowest BCUT2D eigenvalue weighted by Gasteiger charge is -2.32. The Hall–Kier alpha value is -4.35. The molecule has 184 valence electrons. The van der Waals surface area contributed by atoms with Gasteiger partial charge in [-0.2, -0.15) is 5.26 Å². The number of nitriles is 1. The predicted octanol–water partition coefficient (Wildman–Crippen LogP) is 4.53. The molecular formula is C28H29N5O3. The van der Waals surface area contributed by atoms with Gasteiger partial charge in [0.05, 0.1) is 17.2 Å². The van der Waals surface area contributed by atoms with Crippen LogP contribution in [0.5, 0.6) is 0 Å². The first-order valence-corrected chi connectivity index (χ1v) is 11.9. The van der Waals surface area contributed by atoms with Crippen molar-refractivity contribution >= 4 is 29.0 Å². The van der Waals surface area contributed by atoms with E-state index in [4.69, 9.17) is 10.00 Å². The zero-order valence-electron chi connectivity index (χ0n) is 20.2. The number of anilines is 3. The van der Waals surface area contributed by atoms with Crippen LogP contribution >= 0.6 is 0 Å². The van der Waals surface area contributed by atoms with Gasteiger partial charge in [0.25, 0.3) is 5.91 Å². The van der Waals surface area contributed by atoms with Gasteiger partial charge in [-0.1, -0.05) is 24.3 Å². The highest BCUT2D eigenvalue weighted by Gasteiger charge is 2.22. The van der Waals surface area contributed by atoms with Crippen LogP contribution in [0.3, 0.4) is 0 Å². The van der Waals surface area contributed by atoms with Gasteiger partial charge in [-0.05, 0) is 66.4 Å². The maximum atomic E-state index is 13.2. The first kappa shape index (κ1) is 24.8. The number of methoxy groups -OCH3 is 1. The largest absolute Gasteiger partial charge is 0.385 e. The predicted molar refractivity (Wildman–Crippen MR) is 140 cm³/mol. The number of hydrogen-bond donors (Lipinski definition) is 3. The van der Waals surface area contributed by atoms with Gasteiger partial charge >= 0.3 is 6.03 Å². The Kier molecular flexibility index (Phi) is 8.16. The fraction of sp³-hybridized carbons (Fsp3) is 0.250. The molecule has 1 aliphatic rings. The van der Waals surface area contributed by atoms with Gasteiger partial charge in [-0.25, -0.2) is 4.79 Å². The Labute approximate surface area is 210 Å². The van der Waals surface area contributed by atoms with Crippen LogP contribution in [0.4, 0.5) is 21.9 Å². The third-order valence-corrected chi connectivity index (χ3v) is 6.05. The van der Waals surface area contributed by atoms with E-state index in [1.807, 2.05) is 18.2 Å². The fourth-order valence-corrected chi connectivity index (χ4v) is 4.21. The Morgan fingerprint density at radius 2 is 1.72 bits per heavy atom. The Balaban J connectivity index is 1.52. The van der Waals surface area contributed by atoms with Crippen molar-refractivity contribution in [2.75, 3.05) is 42.3 Å². The monoisotopic (exact) mass is 483 g/mol. The molecule has 3 aromatic rings. The van der Waals surface area contributed by atoms with Crippen LogP contribution in [0.25, 0.3) is 0 Å². The van der Waals surface area contributed by atoms with Crippen LogP contribution in [0.15, 0.2) is 66.7 Å². The van der Waals surface area contributed by atoms with Crippen LogP contribution in [0, 0.1) is 11.3 Å². The summed E-state index contributed by atoms with van der Waals surface area (Å²) in [7, 11) is 1.63. The summed E-state index contributed by atoms with van der Waals surface area (Å²) in [5.41, 5.74) is 5.49. The van der Waals surface area contributed by atoms with Crippen molar-refractivity contribution in [3.63, 3.8) is 0 Å². The van der Waals surface area contributed by atoms with E-state index in [0.717, 1.165) is 18.7 Å². The second kappa shape index (κ2) is 11.9. The number of nitrogens with one attached hydrogen (secondary N) is 3. The summed E-state index contributed by atoms with van der Waals surface area (Å²) in [6.45, 7) is 2.57. The molecule has 0 saturated carbocycles. The number of benzene rings is 3. The molecule has 36 heavy (non-hydrogen) atoms. The second-order valence-electron chi connectivity index (χ2n) is 8.54. The third kappa shape index (κ3) is 6.20.